The molecule has 1 atom stereocenters. The van der Waals surface area contributed by atoms with Crippen molar-refractivity contribution in [3.05, 3.63) is 12.7 Å². The fraction of sp³-hybridized carbons (Fsp3) is 0.429. The fourth-order valence-corrected chi connectivity index (χ4v) is 1.71. The topological polar surface area (TPSA) is 101 Å². The minimum Gasteiger partial charge on any atom is -0.339 e. The van der Waals surface area contributed by atoms with Crippen LogP contribution >= 0.6 is 0 Å². The first kappa shape index (κ1) is 12.8. The van der Waals surface area contributed by atoms with Gasteiger partial charge in [0.05, 0.1) is 0 Å². The predicted octanol–water partition coefficient (Wildman–Crippen LogP) is -0.866. The molecule has 14 heavy (non-hydrogen) atoms. The van der Waals surface area contributed by atoms with Gasteiger partial charge < -0.3 is 10.1 Å². The van der Waals surface area contributed by atoms with Gasteiger partial charge in [0.1, 0.15) is 17.6 Å². The van der Waals surface area contributed by atoms with E-state index in [-0.39, 0.29) is 6.29 Å². The van der Waals surface area contributed by atoms with Crippen LogP contribution < -0.4 is 5.32 Å². The van der Waals surface area contributed by atoms with Gasteiger partial charge in [-0.2, -0.15) is 8.42 Å². The summed E-state index contributed by atoms with van der Waals surface area (Å²) < 4.78 is 29.5. The molecule has 0 rings (SSSR count). The molecular formula is C7H11NO5S. The van der Waals surface area contributed by atoms with E-state index in [0.717, 1.165) is 6.08 Å². The second-order valence-corrected chi connectivity index (χ2v) is 4.41. The van der Waals surface area contributed by atoms with Gasteiger partial charge in [0.2, 0.25) is 5.91 Å². The van der Waals surface area contributed by atoms with Crippen molar-refractivity contribution >= 4 is 22.3 Å². The van der Waals surface area contributed by atoms with Gasteiger partial charge in [0.25, 0.3) is 10.1 Å². The number of rotatable bonds is 5. The monoisotopic (exact) mass is 221 g/mol. The summed E-state index contributed by atoms with van der Waals surface area (Å²) in [5, 5.41) is 2.09. The summed E-state index contributed by atoms with van der Waals surface area (Å²) in [7, 11) is -4.33. The Morgan fingerprint density at radius 3 is 2.43 bits per heavy atom. The number of amides is 1. The van der Waals surface area contributed by atoms with Crippen LogP contribution in [0.15, 0.2) is 12.7 Å². The standard InChI is InChI=1S/C7H11NO5S/c1-3-6(10)8-7(2,4-9)5-14(11,12)13/h3-4H,1,5H2,2H3,(H,8,10)(H,11,12,13). The van der Waals surface area contributed by atoms with Crippen LogP contribution in [-0.2, 0) is 19.7 Å². The van der Waals surface area contributed by atoms with Gasteiger partial charge in [-0.25, -0.2) is 0 Å². The quantitative estimate of drug-likeness (QED) is 0.357. The Morgan fingerprint density at radius 2 is 2.14 bits per heavy atom. The van der Waals surface area contributed by atoms with Gasteiger partial charge in [-0.1, -0.05) is 6.58 Å². The zero-order valence-corrected chi connectivity index (χ0v) is 8.37. The minimum atomic E-state index is -4.33. The lowest BCUT2D eigenvalue weighted by Gasteiger charge is -2.21. The molecule has 6 nitrogen and oxygen atoms in total. The zero-order chi connectivity index (χ0) is 11.4. The molecule has 0 aliphatic carbocycles. The maximum Gasteiger partial charge on any atom is 0.267 e. The smallest absolute Gasteiger partial charge is 0.267 e. The van der Waals surface area contributed by atoms with Crippen molar-refractivity contribution in [3.8, 4) is 0 Å². The molecule has 0 aromatic carbocycles. The molecule has 0 heterocycles. The SMILES string of the molecule is C=CC(=O)NC(C)(C=O)CS(=O)(=O)O. The maximum atomic E-state index is 10.8. The lowest BCUT2D eigenvalue weighted by Crippen LogP contribution is -2.51. The third kappa shape index (κ3) is 4.73. The number of hydrogen-bond donors (Lipinski definition) is 2. The second kappa shape index (κ2) is 4.34. The first-order valence-corrected chi connectivity index (χ1v) is 5.19. The van der Waals surface area contributed by atoms with Crippen LogP contribution in [0, 0.1) is 0 Å². The lowest BCUT2D eigenvalue weighted by molar-refractivity contribution is -0.122. The summed E-state index contributed by atoms with van der Waals surface area (Å²) in [5.41, 5.74) is -1.64. The fourth-order valence-electron chi connectivity index (χ4n) is 0.811. The Balaban J connectivity index is 4.73. The number of hydrogen-bond acceptors (Lipinski definition) is 4. The molecule has 0 aromatic rings. The Morgan fingerprint density at radius 1 is 1.64 bits per heavy atom. The first-order valence-electron chi connectivity index (χ1n) is 3.58. The van der Waals surface area contributed by atoms with E-state index in [1.54, 1.807) is 0 Å². The van der Waals surface area contributed by atoms with Crippen molar-refractivity contribution in [1.82, 2.24) is 5.32 Å². The molecule has 0 saturated carbocycles. The Hall–Kier alpha value is -1.21. The van der Waals surface area contributed by atoms with Crippen molar-refractivity contribution in [2.24, 2.45) is 0 Å². The third-order valence-corrected chi connectivity index (χ3v) is 2.30. The molecule has 0 aliphatic rings. The van der Waals surface area contributed by atoms with Crippen LogP contribution in [-0.4, -0.2) is 36.5 Å². The van der Waals surface area contributed by atoms with Crippen molar-refractivity contribution in [1.29, 1.82) is 0 Å². The summed E-state index contributed by atoms with van der Waals surface area (Å²) >= 11 is 0. The largest absolute Gasteiger partial charge is 0.339 e. The molecule has 7 heteroatoms. The molecule has 0 aromatic heterocycles. The van der Waals surface area contributed by atoms with Gasteiger partial charge >= 0.3 is 0 Å². The highest BCUT2D eigenvalue weighted by Crippen LogP contribution is 2.03. The predicted molar refractivity (Wildman–Crippen MR) is 49.2 cm³/mol. The van der Waals surface area contributed by atoms with E-state index in [1.807, 2.05) is 0 Å². The van der Waals surface area contributed by atoms with E-state index in [4.69, 9.17) is 4.55 Å². The average molecular weight is 221 g/mol. The molecule has 1 unspecified atom stereocenters. The minimum absolute atomic E-state index is 0.238. The Bertz CT molecular complexity index is 347. The molecule has 0 aliphatic heterocycles. The highest BCUT2D eigenvalue weighted by molar-refractivity contribution is 7.85. The maximum absolute atomic E-state index is 10.8. The van der Waals surface area contributed by atoms with E-state index < -0.39 is 27.3 Å². The van der Waals surface area contributed by atoms with Crippen LogP contribution in [0.3, 0.4) is 0 Å². The van der Waals surface area contributed by atoms with Crippen molar-refractivity contribution in [2.75, 3.05) is 5.75 Å². The highest BCUT2D eigenvalue weighted by atomic mass is 32.2. The molecular weight excluding hydrogens is 210 g/mol. The van der Waals surface area contributed by atoms with E-state index in [0.29, 0.717) is 0 Å². The van der Waals surface area contributed by atoms with Gasteiger partial charge in [-0.05, 0) is 13.0 Å². The second-order valence-electron chi connectivity index (χ2n) is 2.95. The lowest BCUT2D eigenvalue weighted by atomic mass is 10.1. The molecule has 0 bridgehead atoms. The van der Waals surface area contributed by atoms with Gasteiger partial charge in [0.15, 0.2) is 0 Å². The van der Waals surface area contributed by atoms with E-state index in [9.17, 15) is 18.0 Å². The zero-order valence-electron chi connectivity index (χ0n) is 7.56. The molecule has 0 radical (unpaired) electrons. The molecule has 0 fully saturated rings. The van der Waals surface area contributed by atoms with Crippen molar-refractivity contribution in [2.45, 2.75) is 12.5 Å². The highest BCUT2D eigenvalue weighted by Gasteiger charge is 2.30. The van der Waals surface area contributed by atoms with Gasteiger partial charge in [0, 0.05) is 0 Å². The third-order valence-electron chi connectivity index (χ3n) is 1.34. The van der Waals surface area contributed by atoms with Crippen LogP contribution in [0.5, 0.6) is 0 Å². The van der Waals surface area contributed by atoms with Crippen LogP contribution in [0.4, 0.5) is 0 Å². The summed E-state index contributed by atoms with van der Waals surface area (Å²) in [6.45, 7) is 4.31. The summed E-state index contributed by atoms with van der Waals surface area (Å²) in [6, 6.07) is 0. The number of nitrogens with one attached hydrogen (secondary N) is 1. The number of carbonyl (C=O) groups excluding carboxylic acids is 2. The Kier molecular flexibility index (Phi) is 3.96. The van der Waals surface area contributed by atoms with Crippen molar-refractivity contribution in [3.63, 3.8) is 0 Å². The summed E-state index contributed by atoms with van der Waals surface area (Å²) in [5.74, 6) is -1.56. The molecule has 0 spiro atoms. The van der Waals surface area contributed by atoms with E-state index >= 15 is 0 Å². The summed E-state index contributed by atoms with van der Waals surface area (Å²) in [6.07, 6.45) is 1.13. The summed E-state index contributed by atoms with van der Waals surface area (Å²) in [4.78, 5) is 21.3. The Labute approximate surface area is 81.7 Å². The average Bonchev–Trinajstić information content (AvgIpc) is 2.00. The molecule has 2 N–H and O–H groups in total. The van der Waals surface area contributed by atoms with Crippen LogP contribution in [0.25, 0.3) is 0 Å². The molecule has 0 saturated heterocycles. The van der Waals surface area contributed by atoms with E-state index in [1.165, 1.54) is 6.92 Å². The van der Waals surface area contributed by atoms with Crippen molar-refractivity contribution < 1.29 is 22.6 Å². The normalized spacial score (nSPS) is 15.3. The van der Waals surface area contributed by atoms with Crippen LogP contribution in [0.1, 0.15) is 6.92 Å². The molecule has 1 amide bonds. The van der Waals surface area contributed by atoms with Gasteiger partial charge in [-0.15, -0.1) is 0 Å². The van der Waals surface area contributed by atoms with Gasteiger partial charge in [-0.3, -0.25) is 9.35 Å². The van der Waals surface area contributed by atoms with E-state index in [2.05, 4.69) is 11.9 Å². The number of carbonyl (C=O) groups is 2. The molecule has 80 valence electrons. The number of aldehydes is 1. The van der Waals surface area contributed by atoms with Crippen LogP contribution in [0.2, 0.25) is 0 Å². The first-order chi connectivity index (χ1) is 6.22.